The molecule has 0 spiro atoms. The van der Waals surface area contributed by atoms with Crippen molar-refractivity contribution in [1.29, 1.82) is 0 Å². The average Bonchev–Trinajstić information content (AvgIpc) is 3.41. The molecule has 0 bridgehead atoms. The summed E-state index contributed by atoms with van der Waals surface area (Å²) in [4.78, 5) is 38.2. The highest BCUT2D eigenvalue weighted by Crippen LogP contribution is 2.11. The first-order valence-electron chi connectivity index (χ1n) is 29.6. The van der Waals surface area contributed by atoms with Crippen molar-refractivity contribution in [3.63, 3.8) is 0 Å². The molecule has 0 aliphatic heterocycles. The molecule has 0 saturated heterocycles. The Morgan fingerprint density at radius 2 is 0.520 bits per heavy atom. The van der Waals surface area contributed by atoms with Crippen LogP contribution >= 0.6 is 0 Å². The number of esters is 3. The fraction of sp³-hybridized carbons (Fsp3) is 0.551. The summed E-state index contributed by atoms with van der Waals surface area (Å²) in [5, 5.41) is 0. The van der Waals surface area contributed by atoms with Crippen LogP contribution in [0.15, 0.2) is 170 Å². The molecule has 0 saturated carbocycles. The third kappa shape index (κ3) is 59.5. The van der Waals surface area contributed by atoms with E-state index in [1.165, 1.54) is 25.7 Å². The van der Waals surface area contributed by atoms with Gasteiger partial charge in [0.05, 0.1) is 0 Å². The van der Waals surface area contributed by atoms with Gasteiger partial charge in [-0.25, -0.2) is 0 Å². The first-order valence-corrected chi connectivity index (χ1v) is 29.6. The summed E-state index contributed by atoms with van der Waals surface area (Å²) in [6.45, 7) is 6.28. The summed E-state index contributed by atoms with van der Waals surface area (Å²) in [5.74, 6) is -1.03. The summed E-state index contributed by atoms with van der Waals surface area (Å²) in [6.07, 6.45) is 90.5. The lowest BCUT2D eigenvalue weighted by Crippen LogP contribution is -2.30. The van der Waals surface area contributed by atoms with Crippen LogP contribution in [0.1, 0.15) is 226 Å². The van der Waals surface area contributed by atoms with Gasteiger partial charge >= 0.3 is 17.9 Å². The van der Waals surface area contributed by atoms with Gasteiger partial charge in [-0.15, -0.1) is 0 Å². The molecule has 0 aromatic rings. The third-order valence-electron chi connectivity index (χ3n) is 11.7. The molecule has 0 rings (SSSR count). The smallest absolute Gasteiger partial charge is 0.306 e. The van der Waals surface area contributed by atoms with Gasteiger partial charge in [0.1, 0.15) is 13.2 Å². The minimum absolute atomic E-state index is 0.128. The molecule has 6 nitrogen and oxygen atoms in total. The van der Waals surface area contributed by atoms with E-state index in [2.05, 4.69) is 191 Å². The fourth-order valence-electron chi connectivity index (χ4n) is 7.30. The molecule has 0 radical (unpaired) electrons. The number of carbonyl (C=O) groups is 3. The van der Waals surface area contributed by atoms with Crippen molar-refractivity contribution < 1.29 is 28.6 Å². The first-order chi connectivity index (χ1) is 37.0. The average molecular weight is 1030 g/mol. The van der Waals surface area contributed by atoms with Crippen LogP contribution in [0.3, 0.4) is 0 Å². The molecule has 0 N–H and O–H groups in total. The topological polar surface area (TPSA) is 78.9 Å². The van der Waals surface area contributed by atoms with Crippen molar-refractivity contribution in [2.24, 2.45) is 0 Å². The number of unbranched alkanes of at least 4 members (excludes halogenated alkanes) is 12. The number of ether oxygens (including phenoxy) is 3. The van der Waals surface area contributed by atoms with E-state index >= 15 is 0 Å². The summed E-state index contributed by atoms with van der Waals surface area (Å²) in [5.41, 5.74) is 0. The number of hydrogen-bond donors (Lipinski definition) is 0. The molecule has 0 aromatic carbocycles. The van der Waals surface area contributed by atoms with Gasteiger partial charge in [-0.1, -0.05) is 223 Å². The van der Waals surface area contributed by atoms with Crippen LogP contribution in [0, 0.1) is 0 Å². The minimum atomic E-state index is -0.834. The van der Waals surface area contributed by atoms with Crippen LogP contribution in [-0.2, 0) is 28.6 Å². The van der Waals surface area contributed by atoms with Crippen LogP contribution in [0.25, 0.3) is 0 Å². The molecular formula is C69H106O6. The Bertz CT molecular complexity index is 1750. The Hall–Kier alpha value is -5.23. The summed E-state index contributed by atoms with van der Waals surface area (Å²) in [7, 11) is 0. The van der Waals surface area contributed by atoms with E-state index in [0.717, 1.165) is 154 Å². The molecule has 6 heteroatoms. The highest BCUT2D eigenvalue weighted by Gasteiger charge is 2.19. The lowest BCUT2D eigenvalue weighted by atomic mass is 10.1. The third-order valence-corrected chi connectivity index (χ3v) is 11.7. The maximum Gasteiger partial charge on any atom is 0.306 e. The number of carbonyl (C=O) groups excluding carboxylic acids is 3. The van der Waals surface area contributed by atoms with Crippen molar-refractivity contribution in [3.05, 3.63) is 170 Å². The van der Waals surface area contributed by atoms with Crippen molar-refractivity contribution in [2.75, 3.05) is 13.2 Å². The molecule has 75 heavy (non-hydrogen) atoms. The van der Waals surface area contributed by atoms with Gasteiger partial charge in [-0.2, -0.15) is 0 Å². The van der Waals surface area contributed by atoms with Gasteiger partial charge in [0.15, 0.2) is 6.10 Å². The van der Waals surface area contributed by atoms with Crippen LogP contribution in [0.5, 0.6) is 0 Å². The second kappa shape index (κ2) is 61.3. The molecule has 0 aliphatic carbocycles. The van der Waals surface area contributed by atoms with Crippen molar-refractivity contribution in [2.45, 2.75) is 232 Å². The Morgan fingerprint density at radius 3 is 0.787 bits per heavy atom. The zero-order valence-corrected chi connectivity index (χ0v) is 47.7. The summed E-state index contributed by atoms with van der Waals surface area (Å²) >= 11 is 0. The maximum absolute atomic E-state index is 12.9. The summed E-state index contributed by atoms with van der Waals surface area (Å²) < 4.78 is 16.8. The maximum atomic E-state index is 12.9. The quantitative estimate of drug-likeness (QED) is 0.0261. The van der Waals surface area contributed by atoms with Gasteiger partial charge in [-0.3, -0.25) is 14.4 Å². The highest BCUT2D eigenvalue weighted by molar-refractivity contribution is 5.71. The predicted octanol–water partition coefficient (Wildman–Crippen LogP) is 20.3. The van der Waals surface area contributed by atoms with Gasteiger partial charge in [0.25, 0.3) is 0 Å². The van der Waals surface area contributed by atoms with Crippen LogP contribution < -0.4 is 0 Å². The minimum Gasteiger partial charge on any atom is -0.462 e. The van der Waals surface area contributed by atoms with E-state index in [1.807, 2.05) is 0 Å². The fourth-order valence-corrected chi connectivity index (χ4v) is 7.30. The Labute approximate surface area is 460 Å². The molecule has 0 unspecified atom stereocenters. The lowest BCUT2D eigenvalue weighted by molar-refractivity contribution is -0.167. The number of allylic oxidation sites excluding steroid dienone is 28. The molecule has 0 amide bonds. The Kier molecular flexibility index (Phi) is 57.0. The monoisotopic (exact) mass is 1030 g/mol. The molecule has 418 valence electrons. The Balaban J connectivity index is 4.62. The molecule has 0 fully saturated rings. The van der Waals surface area contributed by atoms with E-state index in [4.69, 9.17) is 14.2 Å². The second-order valence-electron chi connectivity index (χ2n) is 18.8. The molecule has 0 aromatic heterocycles. The summed E-state index contributed by atoms with van der Waals surface area (Å²) in [6, 6.07) is 0. The van der Waals surface area contributed by atoms with Gasteiger partial charge in [0.2, 0.25) is 0 Å². The molecule has 0 aliphatic rings. The lowest BCUT2D eigenvalue weighted by Gasteiger charge is -2.18. The van der Waals surface area contributed by atoms with E-state index in [-0.39, 0.29) is 37.5 Å². The molecule has 0 heterocycles. The largest absolute Gasteiger partial charge is 0.462 e. The van der Waals surface area contributed by atoms with Gasteiger partial charge in [-0.05, 0) is 154 Å². The van der Waals surface area contributed by atoms with Crippen molar-refractivity contribution in [1.82, 2.24) is 0 Å². The van der Waals surface area contributed by atoms with Gasteiger partial charge in [0, 0.05) is 19.3 Å². The Morgan fingerprint density at radius 1 is 0.280 bits per heavy atom. The number of hydrogen-bond acceptors (Lipinski definition) is 6. The van der Waals surface area contributed by atoms with E-state index < -0.39 is 6.10 Å². The second-order valence-corrected chi connectivity index (χ2v) is 18.8. The zero-order chi connectivity index (χ0) is 54.3. The van der Waals surface area contributed by atoms with Crippen LogP contribution in [0.2, 0.25) is 0 Å². The van der Waals surface area contributed by atoms with E-state index in [0.29, 0.717) is 19.3 Å². The molecule has 1 atom stereocenters. The number of rotatable bonds is 51. The van der Waals surface area contributed by atoms with Crippen LogP contribution in [0.4, 0.5) is 0 Å². The SMILES string of the molecule is CC/C=C\C/C=C\C/C=C\C/C=C\C/C=C\CCCCCC(=O)OC[C@H](COC(=O)CCCCC/C=C\C/C=C\C/C=C\C/C=C\CCCCC)OC(=O)CCCCC/C=C\C/C=C\C/C=C\C/C=C\C/C=C\CC. The van der Waals surface area contributed by atoms with E-state index in [1.54, 1.807) is 0 Å². The highest BCUT2D eigenvalue weighted by atomic mass is 16.6. The van der Waals surface area contributed by atoms with E-state index in [9.17, 15) is 14.4 Å². The normalized spacial score (nSPS) is 13.4. The molecular weight excluding hydrogens is 925 g/mol. The standard InChI is InChI=1S/C69H106O6/c1-4-7-10-13-16-19-22-25-28-31-34-37-40-43-46-49-52-55-58-61-67(70)73-64-66(75-69(72)63-60-57-54-51-48-45-42-39-36-33-30-27-24-21-18-15-12-9-6-3)65-74-68(71)62-59-56-53-50-47-44-41-38-35-32-29-26-23-20-17-14-11-8-5-2/h7,9-10,12,16-21,25-30,34-39,43-48,66H,4-6,8,11,13-15,22-24,31-33,40-42,49-65H2,1-3H3/b10-7-,12-9-,19-16-,20-17-,21-18-,28-25-,29-26-,30-27-,37-34-,38-35-,39-36-,46-43-,47-44-,48-45-/t66-/m1/s1. The van der Waals surface area contributed by atoms with Crippen molar-refractivity contribution in [3.8, 4) is 0 Å². The predicted molar refractivity (Wildman–Crippen MR) is 325 cm³/mol. The van der Waals surface area contributed by atoms with Gasteiger partial charge < -0.3 is 14.2 Å². The first kappa shape index (κ1) is 69.8. The van der Waals surface area contributed by atoms with Crippen LogP contribution in [-0.4, -0.2) is 37.2 Å². The van der Waals surface area contributed by atoms with Crippen molar-refractivity contribution >= 4 is 17.9 Å². The zero-order valence-electron chi connectivity index (χ0n) is 47.7.